The Morgan fingerprint density at radius 3 is 3.00 bits per heavy atom. The number of rotatable bonds is 2. The lowest BCUT2D eigenvalue weighted by molar-refractivity contribution is -0.139. The standard InChI is InChI=1S/C14H15NO2/c1-2-3-9-15-10-8-12(14(16)17)11-6-4-5-7-13(11)15/h4-7,12H,8-10H2,1H3,(H,16,17). The molecule has 3 heteroatoms. The van der Waals surface area contributed by atoms with E-state index in [9.17, 15) is 9.90 Å². The summed E-state index contributed by atoms with van der Waals surface area (Å²) in [5, 5.41) is 9.20. The van der Waals surface area contributed by atoms with E-state index >= 15 is 0 Å². The lowest BCUT2D eigenvalue weighted by Gasteiger charge is -2.32. The molecule has 2 rings (SSSR count). The van der Waals surface area contributed by atoms with Gasteiger partial charge in [0, 0.05) is 12.2 Å². The number of anilines is 1. The van der Waals surface area contributed by atoms with Gasteiger partial charge in [0.15, 0.2) is 0 Å². The molecule has 1 aliphatic rings. The molecule has 0 spiro atoms. The predicted octanol–water partition coefficient (Wildman–Crippen LogP) is 2.09. The number of hydrogen-bond acceptors (Lipinski definition) is 2. The van der Waals surface area contributed by atoms with Crippen molar-refractivity contribution in [2.75, 3.05) is 18.0 Å². The van der Waals surface area contributed by atoms with Crippen LogP contribution < -0.4 is 4.90 Å². The fourth-order valence-corrected chi connectivity index (χ4v) is 2.23. The first-order chi connectivity index (χ1) is 8.24. The summed E-state index contributed by atoms with van der Waals surface area (Å²) in [6, 6.07) is 7.71. The first-order valence-corrected chi connectivity index (χ1v) is 5.70. The molecule has 0 saturated heterocycles. The number of hydrogen-bond donors (Lipinski definition) is 1. The fourth-order valence-electron chi connectivity index (χ4n) is 2.23. The summed E-state index contributed by atoms with van der Waals surface area (Å²) in [5.41, 5.74) is 1.91. The first-order valence-electron chi connectivity index (χ1n) is 5.70. The average Bonchev–Trinajstić information content (AvgIpc) is 2.35. The number of benzene rings is 1. The second-order valence-electron chi connectivity index (χ2n) is 4.09. The number of carboxylic acids is 1. The monoisotopic (exact) mass is 229 g/mol. The second-order valence-corrected chi connectivity index (χ2v) is 4.09. The third kappa shape index (κ3) is 2.26. The third-order valence-corrected chi connectivity index (χ3v) is 3.09. The van der Waals surface area contributed by atoms with Crippen molar-refractivity contribution in [3.63, 3.8) is 0 Å². The maximum atomic E-state index is 11.2. The maximum Gasteiger partial charge on any atom is 0.311 e. The van der Waals surface area contributed by atoms with Gasteiger partial charge in [0.1, 0.15) is 0 Å². The number of para-hydroxylation sites is 1. The summed E-state index contributed by atoms with van der Waals surface area (Å²) in [7, 11) is 0. The smallest absolute Gasteiger partial charge is 0.311 e. The third-order valence-electron chi connectivity index (χ3n) is 3.09. The molecule has 0 saturated carbocycles. The van der Waals surface area contributed by atoms with Gasteiger partial charge in [-0.25, -0.2) is 0 Å². The number of fused-ring (bicyclic) bond motifs is 1. The highest BCUT2D eigenvalue weighted by molar-refractivity contribution is 5.80. The van der Waals surface area contributed by atoms with E-state index < -0.39 is 5.97 Å². The van der Waals surface area contributed by atoms with Crippen LogP contribution in [0.3, 0.4) is 0 Å². The van der Waals surface area contributed by atoms with Crippen molar-refractivity contribution in [3.05, 3.63) is 29.8 Å². The van der Waals surface area contributed by atoms with E-state index in [0.29, 0.717) is 13.0 Å². The van der Waals surface area contributed by atoms with Gasteiger partial charge in [-0.15, -0.1) is 5.92 Å². The average molecular weight is 229 g/mol. The molecule has 0 aromatic heterocycles. The van der Waals surface area contributed by atoms with E-state index in [1.54, 1.807) is 0 Å². The molecule has 0 aliphatic carbocycles. The van der Waals surface area contributed by atoms with Crippen LogP contribution in [0.15, 0.2) is 24.3 Å². The molecule has 0 fully saturated rings. The van der Waals surface area contributed by atoms with Crippen molar-refractivity contribution in [1.82, 2.24) is 0 Å². The largest absolute Gasteiger partial charge is 0.481 e. The SMILES string of the molecule is CC#CCN1CCC(C(=O)O)c2ccccc21. The van der Waals surface area contributed by atoms with Crippen LogP contribution in [0.1, 0.15) is 24.8 Å². The minimum absolute atomic E-state index is 0.378. The zero-order chi connectivity index (χ0) is 12.3. The second kappa shape index (κ2) is 4.92. The van der Waals surface area contributed by atoms with Gasteiger partial charge in [-0.2, -0.15) is 0 Å². The van der Waals surface area contributed by atoms with E-state index in [-0.39, 0.29) is 5.92 Å². The van der Waals surface area contributed by atoms with Crippen molar-refractivity contribution in [1.29, 1.82) is 0 Å². The number of carbonyl (C=O) groups is 1. The summed E-state index contributed by atoms with van der Waals surface area (Å²) in [4.78, 5) is 13.3. The minimum atomic E-state index is -0.737. The quantitative estimate of drug-likeness (QED) is 0.789. The molecule has 3 nitrogen and oxygen atoms in total. The van der Waals surface area contributed by atoms with Crippen LogP contribution in [0.4, 0.5) is 5.69 Å². The Morgan fingerprint density at radius 2 is 2.29 bits per heavy atom. The molecule has 1 atom stereocenters. The molecule has 1 aromatic rings. The van der Waals surface area contributed by atoms with Crippen LogP contribution in [0, 0.1) is 11.8 Å². The Morgan fingerprint density at radius 1 is 1.53 bits per heavy atom. The van der Waals surface area contributed by atoms with E-state index in [1.165, 1.54) is 0 Å². The fraction of sp³-hybridized carbons (Fsp3) is 0.357. The zero-order valence-corrected chi connectivity index (χ0v) is 9.81. The van der Waals surface area contributed by atoms with Gasteiger partial charge in [0.25, 0.3) is 0 Å². The topological polar surface area (TPSA) is 40.5 Å². The highest BCUT2D eigenvalue weighted by atomic mass is 16.4. The Kier molecular flexibility index (Phi) is 3.34. The van der Waals surface area contributed by atoms with Gasteiger partial charge >= 0.3 is 5.97 Å². The van der Waals surface area contributed by atoms with Crippen molar-refractivity contribution in [2.24, 2.45) is 0 Å². The van der Waals surface area contributed by atoms with Crippen LogP contribution >= 0.6 is 0 Å². The number of aliphatic carboxylic acids is 1. The van der Waals surface area contributed by atoms with Crippen molar-refractivity contribution in [2.45, 2.75) is 19.3 Å². The van der Waals surface area contributed by atoms with E-state index in [1.807, 2.05) is 31.2 Å². The van der Waals surface area contributed by atoms with Crippen molar-refractivity contribution in [3.8, 4) is 11.8 Å². The summed E-state index contributed by atoms with van der Waals surface area (Å²) in [6.07, 6.45) is 0.651. The summed E-state index contributed by atoms with van der Waals surface area (Å²) in [5.74, 6) is 4.79. The molecule has 0 radical (unpaired) electrons. The van der Waals surface area contributed by atoms with Gasteiger partial charge in [-0.3, -0.25) is 4.79 Å². The summed E-state index contributed by atoms with van der Waals surface area (Å²) >= 11 is 0. The zero-order valence-electron chi connectivity index (χ0n) is 9.81. The Balaban J connectivity index is 2.35. The van der Waals surface area contributed by atoms with E-state index in [0.717, 1.165) is 17.8 Å². The van der Waals surface area contributed by atoms with Crippen molar-refractivity contribution >= 4 is 11.7 Å². The Bertz CT molecular complexity index is 484. The lowest BCUT2D eigenvalue weighted by Crippen LogP contribution is -2.33. The molecular weight excluding hydrogens is 214 g/mol. The normalized spacial score (nSPS) is 17.9. The molecule has 88 valence electrons. The van der Waals surface area contributed by atoms with Gasteiger partial charge in [-0.05, 0) is 25.0 Å². The molecular formula is C14H15NO2. The molecule has 0 bridgehead atoms. The minimum Gasteiger partial charge on any atom is -0.481 e. The van der Waals surface area contributed by atoms with Gasteiger partial charge < -0.3 is 10.0 Å². The lowest BCUT2D eigenvalue weighted by atomic mass is 9.90. The molecule has 1 unspecified atom stereocenters. The highest BCUT2D eigenvalue weighted by Gasteiger charge is 2.28. The van der Waals surface area contributed by atoms with E-state index in [2.05, 4.69) is 16.7 Å². The first kappa shape index (κ1) is 11.5. The van der Waals surface area contributed by atoms with Crippen LogP contribution in [0.25, 0.3) is 0 Å². The Hall–Kier alpha value is -1.95. The number of carboxylic acid groups (broad SMARTS) is 1. The number of nitrogens with zero attached hydrogens (tertiary/aromatic N) is 1. The highest BCUT2D eigenvalue weighted by Crippen LogP contribution is 2.34. The van der Waals surface area contributed by atoms with Gasteiger partial charge in [0.2, 0.25) is 0 Å². The van der Waals surface area contributed by atoms with Gasteiger partial charge in [0.05, 0.1) is 12.5 Å². The molecule has 17 heavy (non-hydrogen) atoms. The Labute approximate surface area is 101 Å². The van der Waals surface area contributed by atoms with Crippen LogP contribution in [-0.2, 0) is 4.79 Å². The van der Waals surface area contributed by atoms with Crippen LogP contribution in [0.2, 0.25) is 0 Å². The molecule has 1 heterocycles. The van der Waals surface area contributed by atoms with Crippen LogP contribution in [0.5, 0.6) is 0 Å². The molecule has 1 aliphatic heterocycles. The molecule has 0 amide bonds. The van der Waals surface area contributed by atoms with E-state index in [4.69, 9.17) is 0 Å². The maximum absolute atomic E-state index is 11.2. The summed E-state index contributed by atoms with van der Waals surface area (Å²) in [6.45, 7) is 3.23. The van der Waals surface area contributed by atoms with Crippen molar-refractivity contribution < 1.29 is 9.90 Å². The summed E-state index contributed by atoms with van der Waals surface area (Å²) < 4.78 is 0. The predicted molar refractivity (Wildman–Crippen MR) is 67.1 cm³/mol. The molecule has 1 aromatic carbocycles. The van der Waals surface area contributed by atoms with Crippen LogP contribution in [-0.4, -0.2) is 24.2 Å². The molecule has 1 N–H and O–H groups in total. The van der Waals surface area contributed by atoms with Gasteiger partial charge in [-0.1, -0.05) is 24.1 Å².